The van der Waals surface area contributed by atoms with Crippen LogP contribution in [0.5, 0.6) is 0 Å². The normalized spacial score (nSPS) is 19.8. The number of ether oxygens (including phenoxy) is 1. The second kappa shape index (κ2) is 6.35. The SMILES string of the molecule is C=CCOC(=O)N1CC(CSC2=NCCS2)C1. The molecule has 0 aromatic rings. The highest BCUT2D eigenvalue weighted by Crippen LogP contribution is 2.27. The molecule has 2 heterocycles. The molecule has 0 aromatic carbocycles. The molecule has 0 aliphatic carbocycles. The van der Waals surface area contributed by atoms with E-state index < -0.39 is 0 Å². The molecule has 17 heavy (non-hydrogen) atoms. The molecule has 4 nitrogen and oxygen atoms in total. The zero-order valence-corrected chi connectivity index (χ0v) is 11.3. The number of hydrogen-bond donors (Lipinski definition) is 0. The van der Waals surface area contributed by atoms with Crippen molar-refractivity contribution in [1.82, 2.24) is 4.90 Å². The molecule has 0 spiro atoms. The van der Waals surface area contributed by atoms with Gasteiger partial charge in [-0.3, -0.25) is 4.99 Å². The lowest BCUT2D eigenvalue weighted by Crippen LogP contribution is -2.51. The van der Waals surface area contributed by atoms with E-state index in [-0.39, 0.29) is 6.09 Å². The first-order valence-corrected chi connectivity index (χ1v) is 7.59. The van der Waals surface area contributed by atoms with Crippen LogP contribution >= 0.6 is 23.5 Å². The summed E-state index contributed by atoms with van der Waals surface area (Å²) in [5.41, 5.74) is 0. The van der Waals surface area contributed by atoms with Crippen molar-refractivity contribution in [3.63, 3.8) is 0 Å². The molecule has 6 heteroatoms. The first kappa shape index (κ1) is 12.8. The van der Waals surface area contributed by atoms with E-state index in [1.807, 2.05) is 23.5 Å². The summed E-state index contributed by atoms with van der Waals surface area (Å²) in [6.45, 7) is 6.37. The zero-order valence-electron chi connectivity index (χ0n) is 9.63. The van der Waals surface area contributed by atoms with Crippen LogP contribution in [0.25, 0.3) is 0 Å². The van der Waals surface area contributed by atoms with Crippen molar-refractivity contribution in [2.45, 2.75) is 0 Å². The van der Waals surface area contributed by atoms with Gasteiger partial charge in [-0.25, -0.2) is 4.79 Å². The van der Waals surface area contributed by atoms with Gasteiger partial charge in [0.25, 0.3) is 0 Å². The molecular weight excluding hydrogens is 256 g/mol. The molecular formula is C11H16N2O2S2. The molecule has 0 saturated carbocycles. The molecule has 94 valence electrons. The molecule has 0 unspecified atom stereocenters. The third-order valence-corrected chi connectivity index (χ3v) is 5.02. The van der Waals surface area contributed by atoms with E-state index in [0.717, 1.165) is 31.1 Å². The summed E-state index contributed by atoms with van der Waals surface area (Å²) < 4.78 is 6.16. The Morgan fingerprint density at radius 1 is 1.71 bits per heavy atom. The minimum Gasteiger partial charge on any atom is -0.445 e. The summed E-state index contributed by atoms with van der Waals surface area (Å²) in [6.07, 6.45) is 1.36. The van der Waals surface area contributed by atoms with Crippen LogP contribution in [0.15, 0.2) is 17.6 Å². The molecule has 0 bridgehead atoms. The summed E-state index contributed by atoms with van der Waals surface area (Å²) in [7, 11) is 0. The van der Waals surface area contributed by atoms with Gasteiger partial charge >= 0.3 is 6.09 Å². The van der Waals surface area contributed by atoms with Gasteiger partial charge in [0.2, 0.25) is 0 Å². The number of aliphatic imine (C=N–C) groups is 1. The fourth-order valence-electron chi connectivity index (χ4n) is 1.64. The molecule has 0 radical (unpaired) electrons. The lowest BCUT2D eigenvalue weighted by Gasteiger charge is -2.37. The van der Waals surface area contributed by atoms with E-state index in [1.54, 1.807) is 11.0 Å². The third-order valence-electron chi connectivity index (χ3n) is 2.54. The largest absolute Gasteiger partial charge is 0.445 e. The maximum atomic E-state index is 11.4. The van der Waals surface area contributed by atoms with Crippen LogP contribution < -0.4 is 0 Å². The standard InChI is InChI=1S/C11H16N2O2S2/c1-2-4-15-11(14)13-6-9(7-13)8-17-10-12-3-5-16-10/h2,9H,1,3-8H2. The Labute approximate surface area is 110 Å². The van der Waals surface area contributed by atoms with Gasteiger partial charge in [-0.1, -0.05) is 36.2 Å². The van der Waals surface area contributed by atoms with Gasteiger partial charge in [-0.05, 0) is 0 Å². The number of nitrogens with zero attached hydrogens (tertiary/aromatic N) is 2. The van der Waals surface area contributed by atoms with Crippen LogP contribution in [0.4, 0.5) is 4.79 Å². The van der Waals surface area contributed by atoms with E-state index in [1.165, 1.54) is 4.38 Å². The lowest BCUT2D eigenvalue weighted by atomic mass is 10.0. The molecule has 1 saturated heterocycles. The Balaban J connectivity index is 1.58. The number of thioether (sulfide) groups is 2. The maximum Gasteiger partial charge on any atom is 0.410 e. The van der Waals surface area contributed by atoms with Crippen molar-refractivity contribution in [2.24, 2.45) is 10.9 Å². The van der Waals surface area contributed by atoms with Crippen molar-refractivity contribution in [2.75, 3.05) is 37.7 Å². The summed E-state index contributed by atoms with van der Waals surface area (Å²) >= 11 is 3.65. The highest BCUT2D eigenvalue weighted by Gasteiger charge is 2.31. The van der Waals surface area contributed by atoms with E-state index in [2.05, 4.69) is 11.6 Å². The quantitative estimate of drug-likeness (QED) is 0.735. The van der Waals surface area contributed by atoms with Crippen molar-refractivity contribution >= 4 is 34.0 Å². The average molecular weight is 272 g/mol. The van der Waals surface area contributed by atoms with Crippen molar-refractivity contribution in [3.8, 4) is 0 Å². The van der Waals surface area contributed by atoms with Gasteiger partial charge in [0.1, 0.15) is 11.0 Å². The van der Waals surface area contributed by atoms with Gasteiger partial charge in [-0.15, -0.1) is 0 Å². The molecule has 0 atom stereocenters. The first-order chi connectivity index (χ1) is 8.29. The van der Waals surface area contributed by atoms with Gasteiger partial charge in [0.15, 0.2) is 0 Å². The third kappa shape index (κ3) is 3.67. The molecule has 0 N–H and O–H groups in total. The summed E-state index contributed by atoms with van der Waals surface area (Å²) in [5, 5.41) is 0. The van der Waals surface area contributed by atoms with E-state index >= 15 is 0 Å². The Hall–Kier alpha value is -0.620. The van der Waals surface area contributed by atoms with Crippen LogP contribution in [0, 0.1) is 5.92 Å². The minimum atomic E-state index is -0.223. The number of carbonyl (C=O) groups is 1. The maximum absolute atomic E-state index is 11.4. The minimum absolute atomic E-state index is 0.223. The number of amides is 1. The van der Waals surface area contributed by atoms with Gasteiger partial charge < -0.3 is 9.64 Å². The van der Waals surface area contributed by atoms with Crippen molar-refractivity contribution in [3.05, 3.63) is 12.7 Å². The predicted octanol–water partition coefficient (Wildman–Crippen LogP) is 2.08. The summed E-state index contributed by atoms with van der Waals surface area (Å²) in [5.74, 6) is 2.75. The zero-order chi connectivity index (χ0) is 12.1. The Morgan fingerprint density at radius 2 is 2.53 bits per heavy atom. The first-order valence-electron chi connectivity index (χ1n) is 5.62. The van der Waals surface area contributed by atoms with E-state index in [4.69, 9.17) is 4.74 Å². The predicted molar refractivity (Wildman–Crippen MR) is 73.8 cm³/mol. The highest BCUT2D eigenvalue weighted by molar-refractivity contribution is 8.39. The fourth-order valence-corrected chi connectivity index (χ4v) is 3.74. The Morgan fingerprint density at radius 3 is 3.18 bits per heavy atom. The molecule has 0 aromatic heterocycles. The van der Waals surface area contributed by atoms with Crippen LogP contribution in [-0.2, 0) is 4.74 Å². The summed E-state index contributed by atoms with van der Waals surface area (Å²) in [4.78, 5) is 17.5. The highest BCUT2D eigenvalue weighted by atomic mass is 32.2. The monoisotopic (exact) mass is 272 g/mol. The Kier molecular flexibility index (Phi) is 4.79. The van der Waals surface area contributed by atoms with Gasteiger partial charge in [0.05, 0.1) is 6.54 Å². The molecule has 1 fully saturated rings. The fraction of sp³-hybridized carbons (Fsp3) is 0.636. The van der Waals surface area contributed by atoms with E-state index in [9.17, 15) is 4.79 Å². The second-order valence-electron chi connectivity index (χ2n) is 3.94. The van der Waals surface area contributed by atoms with Gasteiger partial charge in [0, 0.05) is 30.5 Å². The van der Waals surface area contributed by atoms with Crippen LogP contribution in [-0.4, -0.2) is 53.1 Å². The number of hydrogen-bond acceptors (Lipinski definition) is 5. The molecule has 1 amide bonds. The average Bonchev–Trinajstić information content (AvgIpc) is 2.77. The molecule has 2 aliphatic rings. The summed E-state index contributed by atoms with van der Waals surface area (Å²) in [6, 6.07) is 0. The van der Waals surface area contributed by atoms with Gasteiger partial charge in [-0.2, -0.15) is 0 Å². The number of rotatable bonds is 4. The van der Waals surface area contributed by atoms with Crippen LogP contribution in [0.1, 0.15) is 0 Å². The van der Waals surface area contributed by atoms with E-state index in [0.29, 0.717) is 12.5 Å². The lowest BCUT2D eigenvalue weighted by molar-refractivity contribution is 0.0669. The number of carbonyl (C=O) groups excluding carboxylic acids is 1. The van der Waals surface area contributed by atoms with Crippen molar-refractivity contribution in [1.29, 1.82) is 0 Å². The van der Waals surface area contributed by atoms with Crippen LogP contribution in [0.2, 0.25) is 0 Å². The topological polar surface area (TPSA) is 41.9 Å². The Bertz CT molecular complexity index is 327. The van der Waals surface area contributed by atoms with Crippen molar-refractivity contribution < 1.29 is 9.53 Å². The molecule has 2 rings (SSSR count). The number of likely N-dealkylation sites (tertiary alicyclic amines) is 1. The van der Waals surface area contributed by atoms with Crippen LogP contribution in [0.3, 0.4) is 0 Å². The smallest absolute Gasteiger partial charge is 0.410 e. The second-order valence-corrected chi connectivity index (χ2v) is 6.29. The molecule has 2 aliphatic heterocycles.